The zero-order chi connectivity index (χ0) is 20.3. The first-order chi connectivity index (χ1) is 13.3. The second kappa shape index (κ2) is 8.22. The fourth-order valence-electron chi connectivity index (χ4n) is 2.62. The minimum atomic E-state index is -0.618. The van der Waals surface area contributed by atoms with E-state index in [0.717, 1.165) is 22.7 Å². The number of nitrogens with zero attached hydrogens (tertiary/aromatic N) is 1. The molecule has 1 fully saturated rings. The maximum absolute atomic E-state index is 13.7. The molecule has 0 aliphatic carbocycles. The predicted octanol–water partition coefficient (Wildman–Crippen LogP) is 3.23. The molecule has 0 bridgehead atoms. The average Bonchev–Trinajstić information content (AvgIpc) is 2.96. The van der Waals surface area contributed by atoms with E-state index in [1.165, 1.54) is 19.1 Å². The molecule has 0 spiro atoms. The van der Waals surface area contributed by atoms with Gasteiger partial charge >= 0.3 is 0 Å². The second-order valence-electron chi connectivity index (χ2n) is 6.06. The van der Waals surface area contributed by atoms with Crippen molar-refractivity contribution in [2.45, 2.75) is 13.5 Å². The Morgan fingerprint density at radius 1 is 1.14 bits per heavy atom. The van der Waals surface area contributed by atoms with Crippen LogP contribution in [0.2, 0.25) is 0 Å². The van der Waals surface area contributed by atoms with Crippen LogP contribution in [-0.2, 0) is 16.1 Å². The molecule has 3 rings (SSSR count). The Morgan fingerprint density at radius 3 is 2.61 bits per heavy atom. The number of carbonyl (C=O) groups is 4. The van der Waals surface area contributed by atoms with Crippen LogP contribution in [0.4, 0.5) is 20.6 Å². The van der Waals surface area contributed by atoms with Gasteiger partial charge in [0, 0.05) is 18.2 Å². The number of rotatable bonds is 5. The summed E-state index contributed by atoms with van der Waals surface area (Å²) in [6, 6.07) is 10.4. The maximum atomic E-state index is 13.7. The molecule has 28 heavy (non-hydrogen) atoms. The number of halogens is 1. The lowest BCUT2D eigenvalue weighted by atomic mass is 10.1. The largest absolute Gasteiger partial charge is 0.324 e. The SMILES string of the molecule is CC(=O)Nc1cc(NC(=O)c2cccc(CN3C(=O)CSC3=O)c2)ccc1F. The smallest absolute Gasteiger partial charge is 0.289 e. The summed E-state index contributed by atoms with van der Waals surface area (Å²) in [6.07, 6.45) is 0. The number of carbonyl (C=O) groups excluding carboxylic acids is 4. The van der Waals surface area contributed by atoms with Gasteiger partial charge in [0.25, 0.3) is 11.1 Å². The number of hydrogen-bond acceptors (Lipinski definition) is 5. The van der Waals surface area contributed by atoms with Gasteiger partial charge in [-0.15, -0.1) is 0 Å². The Bertz CT molecular complexity index is 963. The van der Waals surface area contributed by atoms with E-state index in [1.807, 2.05) is 0 Å². The molecule has 1 heterocycles. The third-order valence-electron chi connectivity index (χ3n) is 3.91. The molecule has 7 nitrogen and oxygen atoms in total. The molecule has 1 saturated heterocycles. The molecular weight excluding hydrogens is 385 g/mol. The standard InChI is InChI=1S/C19H16FN3O4S/c1-11(24)21-16-8-14(5-6-15(16)20)22-18(26)13-4-2-3-12(7-13)9-23-17(25)10-28-19(23)27/h2-8H,9-10H2,1H3,(H,21,24)(H,22,26). The molecule has 9 heteroatoms. The lowest BCUT2D eigenvalue weighted by molar-refractivity contribution is -0.125. The molecule has 4 amide bonds. The van der Waals surface area contributed by atoms with Gasteiger partial charge in [0.15, 0.2) is 0 Å². The van der Waals surface area contributed by atoms with E-state index in [-0.39, 0.29) is 29.1 Å². The highest BCUT2D eigenvalue weighted by Gasteiger charge is 2.29. The summed E-state index contributed by atoms with van der Waals surface area (Å²) in [5, 5.41) is 4.67. The van der Waals surface area contributed by atoms with Crippen molar-refractivity contribution in [3.63, 3.8) is 0 Å². The Labute approximate surface area is 164 Å². The van der Waals surface area contributed by atoms with Crippen molar-refractivity contribution in [2.24, 2.45) is 0 Å². The first-order valence-electron chi connectivity index (χ1n) is 8.28. The quantitative estimate of drug-likeness (QED) is 0.802. The summed E-state index contributed by atoms with van der Waals surface area (Å²) in [5.74, 6) is -1.63. The van der Waals surface area contributed by atoms with Crippen LogP contribution < -0.4 is 10.6 Å². The molecule has 144 valence electrons. The van der Waals surface area contributed by atoms with Crippen LogP contribution in [0.3, 0.4) is 0 Å². The Kier molecular flexibility index (Phi) is 5.74. The lowest BCUT2D eigenvalue weighted by Crippen LogP contribution is -2.28. The van der Waals surface area contributed by atoms with Crippen molar-refractivity contribution in [3.05, 3.63) is 59.4 Å². The van der Waals surface area contributed by atoms with Crippen molar-refractivity contribution in [1.82, 2.24) is 4.90 Å². The molecule has 0 atom stereocenters. The van der Waals surface area contributed by atoms with E-state index in [0.29, 0.717) is 16.8 Å². The van der Waals surface area contributed by atoms with Crippen LogP contribution in [0.25, 0.3) is 0 Å². The summed E-state index contributed by atoms with van der Waals surface area (Å²) in [7, 11) is 0. The van der Waals surface area contributed by atoms with E-state index in [2.05, 4.69) is 10.6 Å². The van der Waals surface area contributed by atoms with Gasteiger partial charge in [-0.2, -0.15) is 0 Å². The number of thioether (sulfide) groups is 1. The highest BCUT2D eigenvalue weighted by atomic mass is 32.2. The van der Waals surface area contributed by atoms with E-state index in [1.54, 1.807) is 24.3 Å². The Hall–Kier alpha value is -3.20. The van der Waals surface area contributed by atoms with E-state index >= 15 is 0 Å². The zero-order valence-electron chi connectivity index (χ0n) is 14.8. The van der Waals surface area contributed by atoms with Crippen LogP contribution in [0.5, 0.6) is 0 Å². The molecule has 0 radical (unpaired) electrons. The third-order valence-corrected chi connectivity index (χ3v) is 4.76. The number of imide groups is 1. The van der Waals surface area contributed by atoms with Gasteiger partial charge in [0.2, 0.25) is 11.8 Å². The minimum absolute atomic E-state index is 0.0393. The molecule has 0 unspecified atom stereocenters. The predicted molar refractivity (Wildman–Crippen MR) is 104 cm³/mol. The van der Waals surface area contributed by atoms with Crippen molar-refractivity contribution in [3.8, 4) is 0 Å². The monoisotopic (exact) mass is 401 g/mol. The van der Waals surface area contributed by atoms with Crippen molar-refractivity contribution in [2.75, 3.05) is 16.4 Å². The maximum Gasteiger partial charge on any atom is 0.289 e. The zero-order valence-corrected chi connectivity index (χ0v) is 15.6. The topological polar surface area (TPSA) is 95.6 Å². The van der Waals surface area contributed by atoms with E-state index < -0.39 is 17.6 Å². The van der Waals surface area contributed by atoms with Gasteiger partial charge in [-0.05, 0) is 35.9 Å². The highest BCUT2D eigenvalue weighted by Crippen LogP contribution is 2.23. The van der Waals surface area contributed by atoms with Crippen LogP contribution in [0.15, 0.2) is 42.5 Å². The summed E-state index contributed by atoms with van der Waals surface area (Å²) >= 11 is 0.949. The van der Waals surface area contributed by atoms with E-state index in [4.69, 9.17) is 0 Å². The van der Waals surface area contributed by atoms with E-state index in [9.17, 15) is 23.6 Å². The number of hydrogen-bond donors (Lipinski definition) is 2. The molecule has 2 aromatic carbocycles. The van der Waals surface area contributed by atoms with Gasteiger partial charge in [0.05, 0.1) is 18.0 Å². The van der Waals surface area contributed by atoms with Crippen LogP contribution >= 0.6 is 11.8 Å². The van der Waals surface area contributed by atoms with Crippen LogP contribution in [0.1, 0.15) is 22.8 Å². The van der Waals surface area contributed by atoms with Crippen molar-refractivity contribution >= 4 is 46.1 Å². The van der Waals surface area contributed by atoms with Gasteiger partial charge in [-0.25, -0.2) is 4.39 Å². The lowest BCUT2D eigenvalue weighted by Gasteiger charge is -2.13. The number of anilines is 2. The summed E-state index contributed by atoms with van der Waals surface area (Å²) in [5.41, 5.74) is 1.22. The highest BCUT2D eigenvalue weighted by molar-refractivity contribution is 8.14. The van der Waals surface area contributed by atoms with Crippen molar-refractivity contribution < 1.29 is 23.6 Å². The first-order valence-corrected chi connectivity index (χ1v) is 9.26. The average molecular weight is 401 g/mol. The van der Waals surface area contributed by atoms with Gasteiger partial charge in [0.1, 0.15) is 5.82 Å². The molecule has 2 aromatic rings. The fourth-order valence-corrected chi connectivity index (χ4v) is 3.34. The summed E-state index contributed by atoms with van der Waals surface area (Å²) in [6.45, 7) is 1.35. The summed E-state index contributed by atoms with van der Waals surface area (Å²) in [4.78, 5) is 48.2. The van der Waals surface area contributed by atoms with Gasteiger partial charge < -0.3 is 10.6 Å². The fraction of sp³-hybridized carbons (Fsp3) is 0.158. The number of amides is 4. The minimum Gasteiger partial charge on any atom is -0.324 e. The third kappa shape index (κ3) is 4.55. The molecule has 0 saturated carbocycles. The summed E-state index contributed by atoms with van der Waals surface area (Å²) < 4.78 is 13.7. The second-order valence-corrected chi connectivity index (χ2v) is 6.99. The van der Waals surface area contributed by atoms with Crippen LogP contribution in [0, 0.1) is 5.82 Å². The molecular formula is C19H16FN3O4S. The number of benzene rings is 2. The van der Waals surface area contributed by atoms with Gasteiger partial charge in [-0.3, -0.25) is 24.1 Å². The molecule has 0 aromatic heterocycles. The molecule has 2 N–H and O–H groups in total. The van der Waals surface area contributed by atoms with Crippen molar-refractivity contribution in [1.29, 1.82) is 0 Å². The molecule has 1 aliphatic heterocycles. The first kappa shape index (κ1) is 19.6. The normalized spacial score (nSPS) is 13.6. The van der Waals surface area contributed by atoms with Gasteiger partial charge in [-0.1, -0.05) is 23.9 Å². The Morgan fingerprint density at radius 2 is 1.93 bits per heavy atom. The molecule has 1 aliphatic rings. The number of nitrogens with one attached hydrogen (secondary N) is 2. The van der Waals surface area contributed by atoms with Crippen LogP contribution in [-0.4, -0.2) is 33.6 Å². The Balaban J connectivity index is 1.74.